The van der Waals surface area contributed by atoms with Crippen molar-refractivity contribution in [3.63, 3.8) is 0 Å². The molecule has 2 rings (SSSR count). The number of hydrogen-bond donors (Lipinski definition) is 1. The standard InChI is InChI=1S/C12H15NO/c1-2-5-11(6-3-1)7-4-8-14-12-9-13-10-12/h1-7,12-13H,8-10H2. The monoisotopic (exact) mass is 189 g/mol. The first-order valence-electron chi connectivity index (χ1n) is 4.99. The normalized spacial score (nSPS) is 17.1. The van der Waals surface area contributed by atoms with Gasteiger partial charge in [-0.3, -0.25) is 0 Å². The smallest absolute Gasteiger partial charge is 0.0827 e. The highest BCUT2D eigenvalue weighted by molar-refractivity contribution is 5.48. The molecule has 0 bridgehead atoms. The van der Waals surface area contributed by atoms with E-state index in [4.69, 9.17) is 4.74 Å². The number of rotatable bonds is 4. The molecular weight excluding hydrogens is 174 g/mol. The molecule has 0 unspecified atom stereocenters. The quantitative estimate of drug-likeness (QED) is 0.778. The van der Waals surface area contributed by atoms with E-state index in [9.17, 15) is 0 Å². The molecule has 2 nitrogen and oxygen atoms in total. The average molecular weight is 189 g/mol. The summed E-state index contributed by atoms with van der Waals surface area (Å²) in [6.45, 7) is 2.71. The van der Waals surface area contributed by atoms with Gasteiger partial charge in [-0.2, -0.15) is 0 Å². The van der Waals surface area contributed by atoms with Crippen molar-refractivity contribution < 1.29 is 4.74 Å². The summed E-state index contributed by atoms with van der Waals surface area (Å²) in [4.78, 5) is 0. The predicted octanol–water partition coefficient (Wildman–Crippen LogP) is 1.69. The fourth-order valence-corrected chi connectivity index (χ4v) is 1.32. The van der Waals surface area contributed by atoms with Crippen molar-refractivity contribution in [1.29, 1.82) is 0 Å². The minimum absolute atomic E-state index is 0.426. The first kappa shape index (κ1) is 9.44. The summed E-state index contributed by atoms with van der Waals surface area (Å²) >= 11 is 0. The lowest BCUT2D eigenvalue weighted by Gasteiger charge is -2.26. The summed E-state index contributed by atoms with van der Waals surface area (Å²) in [5.41, 5.74) is 1.22. The van der Waals surface area contributed by atoms with Gasteiger partial charge in [0.05, 0.1) is 12.7 Å². The van der Waals surface area contributed by atoms with E-state index in [2.05, 4.69) is 29.6 Å². The average Bonchev–Trinajstić information content (AvgIpc) is 2.16. The number of hydrogen-bond acceptors (Lipinski definition) is 2. The Bertz CT molecular complexity index is 290. The summed E-state index contributed by atoms with van der Waals surface area (Å²) in [6.07, 6.45) is 4.58. The van der Waals surface area contributed by atoms with Crippen molar-refractivity contribution in [3.05, 3.63) is 42.0 Å². The van der Waals surface area contributed by atoms with Crippen molar-refractivity contribution in [2.75, 3.05) is 19.7 Å². The second kappa shape index (κ2) is 4.94. The van der Waals surface area contributed by atoms with Crippen LogP contribution in [0.2, 0.25) is 0 Å². The maximum atomic E-state index is 5.55. The molecule has 0 atom stereocenters. The van der Waals surface area contributed by atoms with E-state index < -0.39 is 0 Å². The Morgan fingerprint density at radius 2 is 2.07 bits per heavy atom. The van der Waals surface area contributed by atoms with E-state index in [1.807, 2.05) is 18.2 Å². The Hall–Kier alpha value is -1.12. The SMILES string of the molecule is C(=Cc1ccccc1)COC1CNC1. The van der Waals surface area contributed by atoms with Gasteiger partial charge in [0.2, 0.25) is 0 Å². The van der Waals surface area contributed by atoms with Gasteiger partial charge in [0.25, 0.3) is 0 Å². The molecule has 14 heavy (non-hydrogen) atoms. The molecule has 2 heteroatoms. The zero-order valence-corrected chi connectivity index (χ0v) is 8.15. The van der Waals surface area contributed by atoms with Gasteiger partial charge >= 0.3 is 0 Å². The summed E-state index contributed by atoms with van der Waals surface area (Å²) in [7, 11) is 0. The van der Waals surface area contributed by atoms with Gasteiger partial charge in [-0.1, -0.05) is 42.5 Å². The van der Waals surface area contributed by atoms with Crippen molar-refractivity contribution >= 4 is 6.08 Å². The second-order valence-electron chi connectivity index (χ2n) is 3.43. The molecule has 1 N–H and O–H groups in total. The Morgan fingerprint density at radius 1 is 1.29 bits per heavy atom. The van der Waals surface area contributed by atoms with Gasteiger partial charge in [0, 0.05) is 13.1 Å². The third-order valence-electron chi connectivity index (χ3n) is 2.28. The summed E-state index contributed by atoms with van der Waals surface area (Å²) in [5, 5.41) is 3.17. The van der Waals surface area contributed by atoms with Crippen LogP contribution in [0.5, 0.6) is 0 Å². The van der Waals surface area contributed by atoms with E-state index in [1.54, 1.807) is 0 Å². The third kappa shape index (κ3) is 2.69. The van der Waals surface area contributed by atoms with E-state index in [-0.39, 0.29) is 0 Å². The maximum absolute atomic E-state index is 5.55. The van der Waals surface area contributed by atoms with Gasteiger partial charge in [-0.05, 0) is 5.56 Å². The predicted molar refractivity (Wildman–Crippen MR) is 58.1 cm³/mol. The number of nitrogens with one attached hydrogen (secondary N) is 1. The lowest BCUT2D eigenvalue weighted by molar-refractivity contribution is 0.0366. The van der Waals surface area contributed by atoms with E-state index in [1.165, 1.54) is 5.56 Å². The fraction of sp³-hybridized carbons (Fsp3) is 0.333. The lowest BCUT2D eigenvalue weighted by Crippen LogP contribution is -2.48. The molecule has 1 fully saturated rings. The van der Waals surface area contributed by atoms with Gasteiger partial charge in [-0.25, -0.2) is 0 Å². The summed E-state index contributed by atoms with van der Waals surface area (Å²) < 4.78 is 5.55. The molecule has 0 saturated carbocycles. The van der Waals surface area contributed by atoms with E-state index in [0.29, 0.717) is 12.7 Å². The maximum Gasteiger partial charge on any atom is 0.0827 e. The Kier molecular flexibility index (Phi) is 3.33. The molecule has 0 radical (unpaired) electrons. The van der Waals surface area contributed by atoms with Crippen molar-refractivity contribution in [2.45, 2.75) is 6.10 Å². The highest BCUT2D eigenvalue weighted by Crippen LogP contribution is 2.02. The van der Waals surface area contributed by atoms with Crippen LogP contribution >= 0.6 is 0 Å². The fourth-order valence-electron chi connectivity index (χ4n) is 1.32. The third-order valence-corrected chi connectivity index (χ3v) is 2.28. The van der Waals surface area contributed by atoms with Gasteiger partial charge in [0.1, 0.15) is 0 Å². The topological polar surface area (TPSA) is 21.3 Å². The Balaban J connectivity index is 1.71. The molecule has 0 amide bonds. The van der Waals surface area contributed by atoms with E-state index in [0.717, 1.165) is 13.1 Å². The zero-order valence-electron chi connectivity index (χ0n) is 8.15. The van der Waals surface area contributed by atoms with Crippen LogP contribution in [0.3, 0.4) is 0 Å². The molecule has 0 spiro atoms. The van der Waals surface area contributed by atoms with Crippen LogP contribution in [0, 0.1) is 0 Å². The first-order chi connectivity index (χ1) is 6.95. The number of benzene rings is 1. The Labute approximate surface area is 84.6 Å². The van der Waals surface area contributed by atoms with Crippen LogP contribution in [-0.4, -0.2) is 25.8 Å². The molecule has 1 aromatic carbocycles. The molecule has 0 aliphatic carbocycles. The van der Waals surface area contributed by atoms with Crippen LogP contribution in [0.1, 0.15) is 5.56 Å². The van der Waals surface area contributed by atoms with Gasteiger partial charge < -0.3 is 10.1 Å². The van der Waals surface area contributed by atoms with Crippen molar-refractivity contribution in [1.82, 2.24) is 5.32 Å². The Morgan fingerprint density at radius 3 is 2.71 bits per heavy atom. The zero-order chi connectivity index (χ0) is 9.64. The van der Waals surface area contributed by atoms with Crippen molar-refractivity contribution in [2.24, 2.45) is 0 Å². The second-order valence-corrected chi connectivity index (χ2v) is 3.43. The van der Waals surface area contributed by atoms with Crippen LogP contribution in [-0.2, 0) is 4.74 Å². The molecule has 0 aromatic heterocycles. The van der Waals surface area contributed by atoms with Crippen molar-refractivity contribution in [3.8, 4) is 0 Å². The molecule has 1 aliphatic rings. The molecular formula is C12H15NO. The molecule has 1 saturated heterocycles. The summed E-state index contributed by atoms with van der Waals surface area (Å²) in [5.74, 6) is 0. The van der Waals surface area contributed by atoms with Crippen LogP contribution in [0.15, 0.2) is 36.4 Å². The minimum Gasteiger partial charge on any atom is -0.372 e. The molecule has 1 aromatic rings. The highest BCUT2D eigenvalue weighted by Gasteiger charge is 2.15. The number of ether oxygens (including phenoxy) is 1. The van der Waals surface area contributed by atoms with Crippen LogP contribution < -0.4 is 5.32 Å². The highest BCUT2D eigenvalue weighted by atomic mass is 16.5. The molecule has 1 heterocycles. The lowest BCUT2D eigenvalue weighted by atomic mass is 10.2. The van der Waals surface area contributed by atoms with Crippen LogP contribution in [0.25, 0.3) is 6.08 Å². The summed E-state index contributed by atoms with van der Waals surface area (Å²) in [6, 6.07) is 10.3. The minimum atomic E-state index is 0.426. The van der Waals surface area contributed by atoms with Gasteiger partial charge in [-0.15, -0.1) is 0 Å². The van der Waals surface area contributed by atoms with Gasteiger partial charge in [0.15, 0.2) is 0 Å². The van der Waals surface area contributed by atoms with Crippen LogP contribution in [0.4, 0.5) is 0 Å². The molecule has 74 valence electrons. The molecule has 1 aliphatic heterocycles. The largest absolute Gasteiger partial charge is 0.372 e. The first-order valence-corrected chi connectivity index (χ1v) is 4.99. The van der Waals surface area contributed by atoms with E-state index >= 15 is 0 Å².